The highest BCUT2D eigenvalue weighted by Crippen LogP contribution is 2.28. The molecule has 0 saturated carbocycles. The van der Waals surface area contributed by atoms with Gasteiger partial charge in [-0.1, -0.05) is 12.1 Å². The van der Waals surface area contributed by atoms with Gasteiger partial charge in [0.25, 0.3) is 0 Å². The molecular weight excluding hydrogens is 216 g/mol. The second-order valence-corrected chi connectivity index (χ2v) is 4.04. The normalized spacial score (nSPS) is 12.5. The maximum absolute atomic E-state index is 10.2. The Morgan fingerprint density at radius 2 is 1.82 bits per heavy atom. The number of rotatable bonds is 3. The van der Waals surface area contributed by atoms with E-state index in [0.29, 0.717) is 0 Å². The Morgan fingerprint density at radius 1 is 1.18 bits per heavy atom. The number of hydrogen-bond donors (Lipinski definition) is 1. The molecule has 0 radical (unpaired) electrons. The van der Waals surface area contributed by atoms with Crippen LogP contribution in [0.4, 0.5) is 0 Å². The van der Waals surface area contributed by atoms with Crippen LogP contribution in [0.3, 0.4) is 0 Å². The first-order valence-electron chi connectivity index (χ1n) is 5.50. The van der Waals surface area contributed by atoms with Gasteiger partial charge in [0.15, 0.2) is 0 Å². The van der Waals surface area contributed by atoms with Crippen LogP contribution in [0.5, 0.6) is 5.75 Å². The molecule has 17 heavy (non-hydrogen) atoms. The van der Waals surface area contributed by atoms with E-state index in [1.165, 1.54) is 0 Å². The van der Waals surface area contributed by atoms with Gasteiger partial charge in [-0.2, -0.15) is 0 Å². The molecule has 2 rings (SSSR count). The van der Waals surface area contributed by atoms with Gasteiger partial charge in [0.05, 0.1) is 7.11 Å². The van der Waals surface area contributed by atoms with Gasteiger partial charge in [-0.3, -0.25) is 0 Å². The highest BCUT2D eigenvalue weighted by molar-refractivity contribution is 5.35. The van der Waals surface area contributed by atoms with Gasteiger partial charge in [-0.15, -0.1) is 0 Å². The predicted octanol–water partition coefficient (Wildman–Crippen LogP) is 2.99. The summed E-state index contributed by atoms with van der Waals surface area (Å²) in [6, 6.07) is 9.24. The summed E-state index contributed by atoms with van der Waals surface area (Å²) in [5.41, 5.74) is 1.64. The topological polar surface area (TPSA) is 42.6 Å². The summed E-state index contributed by atoms with van der Waals surface area (Å²) >= 11 is 0. The zero-order valence-corrected chi connectivity index (χ0v) is 10.2. The Kier molecular flexibility index (Phi) is 3.20. The molecule has 0 aliphatic carbocycles. The Bertz CT molecular complexity index is 497. The second kappa shape index (κ2) is 4.63. The molecule has 0 spiro atoms. The quantitative estimate of drug-likeness (QED) is 0.884. The van der Waals surface area contributed by atoms with Gasteiger partial charge >= 0.3 is 0 Å². The first kappa shape index (κ1) is 11.7. The third kappa shape index (κ3) is 2.34. The smallest absolute Gasteiger partial charge is 0.118 e. The Morgan fingerprint density at radius 3 is 2.29 bits per heavy atom. The van der Waals surface area contributed by atoms with Crippen LogP contribution in [0.15, 0.2) is 34.7 Å². The fraction of sp³-hybridized carbons (Fsp3) is 0.286. The average Bonchev–Trinajstić information content (AvgIpc) is 2.68. The van der Waals surface area contributed by atoms with Crippen molar-refractivity contribution in [3.8, 4) is 5.75 Å². The van der Waals surface area contributed by atoms with E-state index in [1.54, 1.807) is 7.11 Å². The van der Waals surface area contributed by atoms with Crippen LogP contribution >= 0.6 is 0 Å². The minimum absolute atomic E-state index is 0.654. The fourth-order valence-corrected chi connectivity index (χ4v) is 1.89. The number of aliphatic hydroxyl groups excluding tert-OH is 1. The van der Waals surface area contributed by atoms with Gasteiger partial charge in [0.1, 0.15) is 23.4 Å². The van der Waals surface area contributed by atoms with E-state index >= 15 is 0 Å². The van der Waals surface area contributed by atoms with Gasteiger partial charge in [-0.25, -0.2) is 0 Å². The molecular formula is C14H16O3. The third-order valence-corrected chi connectivity index (χ3v) is 2.81. The Labute approximate surface area is 101 Å². The molecule has 0 aliphatic rings. The van der Waals surface area contributed by atoms with Crippen molar-refractivity contribution in [3.05, 3.63) is 53.0 Å². The number of methoxy groups -OCH3 is 1. The lowest BCUT2D eigenvalue weighted by molar-refractivity contribution is 0.218. The summed E-state index contributed by atoms with van der Waals surface area (Å²) in [6.45, 7) is 3.73. The second-order valence-electron chi connectivity index (χ2n) is 4.04. The summed E-state index contributed by atoms with van der Waals surface area (Å²) in [5, 5.41) is 10.2. The molecule has 0 bridgehead atoms. The van der Waals surface area contributed by atoms with E-state index in [0.717, 1.165) is 28.4 Å². The van der Waals surface area contributed by atoms with E-state index in [4.69, 9.17) is 9.15 Å². The molecule has 1 unspecified atom stereocenters. The van der Waals surface area contributed by atoms with E-state index in [9.17, 15) is 5.11 Å². The van der Waals surface area contributed by atoms with Crippen molar-refractivity contribution in [2.45, 2.75) is 20.0 Å². The number of ether oxygens (including phenoxy) is 1. The molecule has 90 valence electrons. The summed E-state index contributed by atoms with van der Waals surface area (Å²) in [7, 11) is 1.62. The van der Waals surface area contributed by atoms with Gasteiger partial charge in [0, 0.05) is 5.56 Å². The number of aryl methyl sites for hydroxylation is 2. The van der Waals surface area contributed by atoms with Crippen LogP contribution in [-0.4, -0.2) is 12.2 Å². The van der Waals surface area contributed by atoms with Crippen LogP contribution in [-0.2, 0) is 0 Å². The molecule has 3 heteroatoms. The van der Waals surface area contributed by atoms with E-state index in [-0.39, 0.29) is 0 Å². The van der Waals surface area contributed by atoms with Gasteiger partial charge in [0.2, 0.25) is 0 Å². The van der Waals surface area contributed by atoms with Gasteiger partial charge < -0.3 is 14.3 Å². The molecule has 0 amide bonds. The molecule has 1 atom stereocenters. The summed E-state index contributed by atoms with van der Waals surface area (Å²) in [4.78, 5) is 0. The van der Waals surface area contributed by atoms with Crippen molar-refractivity contribution in [3.63, 3.8) is 0 Å². The van der Waals surface area contributed by atoms with Crippen LogP contribution in [0.2, 0.25) is 0 Å². The summed E-state index contributed by atoms with van der Waals surface area (Å²) in [5.74, 6) is 2.34. The van der Waals surface area contributed by atoms with E-state index in [2.05, 4.69) is 0 Å². The number of aliphatic hydroxyl groups is 1. The lowest BCUT2D eigenvalue weighted by atomic mass is 10.0. The van der Waals surface area contributed by atoms with Crippen LogP contribution in [0, 0.1) is 13.8 Å². The van der Waals surface area contributed by atoms with E-state index < -0.39 is 6.10 Å². The maximum Gasteiger partial charge on any atom is 0.118 e. The van der Waals surface area contributed by atoms with E-state index in [1.807, 2.05) is 44.2 Å². The minimum atomic E-state index is -0.654. The zero-order valence-electron chi connectivity index (χ0n) is 10.2. The number of furan rings is 1. The Balaban J connectivity index is 2.30. The van der Waals surface area contributed by atoms with Crippen molar-refractivity contribution in [2.24, 2.45) is 0 Å². The monoisotopic (exact) mass is 232 g/mol. The first-order chi connectivity index (χ1) is 8.11. The van der Waals surface area contributed by atoms with Gasteiger partial charge in [-0.05, 0) is 37.6 Å². The van der Waals surface area contributed by atoms with Crippen molar-refractivity contribution in [1.29, 1.82) is 0 Å². The lowest BCUT2D eigenvalue weighted by Crippen LogP contribution is -1.99. The number of hydrogen-bond acceptors (Lipinski definition) is 3. The highest BCUT2D eigenvalue weighted by atomic mass is 16.5. The molecule has 1 heterocycles. The van der Waals surface area contributed by atoms with Crippen molar-refractivity contribution < 1.29 is 14.3 Å². The largest absolute Gasteiger partial charge is 0.497 e. The van der Waals surface area contributed by atoms with Crippen LogP contribution in [0.1, 0.15) is 28.8 Å². The lowest BCUT2D eigenvalue weighted by Gasteiger charge is -2.10. The van der Waals surface area contributed by atoms with Crippen molar-refractivity contribution in [2.75, 3.05) is 7.11 Å². The molecule has 0 fully saturated rings. The summed E-state index contributed by atoms with van der Waals surface area (Å²) < 4.78 is 10.5. The molecule has 1 aromatic heterocycles. The SMILES string of the molecule is COc1ccc(C(O)c2cc(C)oc2C)cc1. The maximum atomic E-state index is 10.2. The Hall–Kier alpha value is -1.74. The minimum Gasteiger partial charge on any atom is -0.497 e. The average molecular weight is 232 g/mol. The fourth-order valence-electron chi connectivity index (χ4n) is 1.89. The van der Waals surface area contributed by atoms with Crippen LogP contribution in [0.25, 0.3) is 0 Å². The van der Waals surface area contributed by atoms with Crippen LogP contribution < -0.4 is 4.74 Å². The van der Waals surface area contributed by atoms with Crippen molar-refractivity contribution in [1.82, 2.24) is 0 Å². The molecule has 0 saturated heterocycles. The molecule has 3 nitrogen and oxygen atoms in total. The third-order valence-electron chi connectivity index (χ3n) is 2.81. The number of benzene rings is 1. The highest BCUT2D eigenvalue weighted by Gasteiger charge is 2.16. The zero-order chi connectivity index (χ0) is 12.4. The van der Waals surface area contributed by atoms with Crippen molar-refractivity contribution >= 4 is 0 Å². The molecule has 1 N–H and O–H groups in total. The molecule has 2 aromatic rings. The standard InChI is InChI=1S/C14H16O3/c1-9-8-13(10(2)17-9)14(15)11-4-6-12(16-3)7-5-11/h4-8,14-15H,1-3H3. The molecule has 0 aliphatic heterocycles. The molecule has 1 aromatic carbocycles. The first-order valence-corrected chi connectivity index (χ1v) is 5.50. The predicted molar refractivity (Wildman–Crippen MR) is 65.2 cm³/mol. The summed E-state index contributed by atoms with van der Waals surface area (Å²) in [6.07, 6.45) is -0.654.